The Labute approximate surface area is 136 Å². The van der Waals surface area contributed by atoms with Gasteiger partial charge in [-0.25, -0.2) is 0 Å². The van der Waals surface area contributed by atoms with Crippen molar-refractivity contribution in [2.45, 2.75) is 26.8 Å². The first-order valence-corrected chi connectivity index (χ1v) is 7.90. The Balaban J connectivity index is 1.91. The number of carbonyl (C=O) groups excluding carboxylic acids is 2. The maximum absolute atomic E-state index is 12.7. The Morgan fingerprint density at radius 3 is 2.70 bits per heavy atom. The monoisotopic (exact) mass is 308 g/mol. The number of nitrogens with one attached hydrogen (secondary N) is 1. The predicted molar refractivity (Wildman–Crippen MR) is 90.6 cm³/mol. The van der Waals surface area contributed by atoms with E-state index in [1.165, 1.54) is 0 Å². The number of amides is 2. The van der Waals surface area contributed by atoms with E-state index >= 15 is 0 Å². The average Bonchev–Trinajstić information content (AvgIpc) is 2.86. The van der Waals surface area contributed by atoms with Crippen molar-refractivity contribution in [3.8, 4) is 0 Å². The van der Waals surface area contributed by atoms with Crippen molar-refractivity contribution in [3.63, 3.8) is 0 Å². The summed E-state index contributed by atoms with van der Waals surface area (Å²) in [5.74, 6) is -0.278. The van der Waals surface area contributed by atoms with E-state index < -0.39 is 0 Å². The molecule has 1 aliphatic rings. The Bertz CT molecular complexity index is 768. The van der Waals surface area contributed by atoms with Gasteiger partial charge in [-0.15, -0.1) is 0 Å². The molecule has 1 heterocycles. The van der Waals surface area contributed by atoms with Crippen molar-refractivity contribution in [1.82, 2.24) is 4.90 Å². The maximum atomic E-state index is 12.7. The summed E-state index contributed by atoms with van der Waals surface area (Å²) in [6.07, 6.45) is 0.907. The van der Waals surface area contributed by atoms with Crippen LogP contribution in [0.1, 0.15) is 45.2 Å². The van der Waals surface area contributed by atoms with Crippen molar-refractivity contribution in [1.29, 1.82) is 0 Å². The van der Waals surface area contributed by atoms with Gasteiger partial charge in [0.15, 0.2) is 0 Å². The SMILES string of the molecule is CCCN1Cc2cccc(C(=O)Nc3ccccc3C)c2C1=O. The van der Waals surface area contributed by atoms with Crippen LogP contribution in [0.3, 0.4) is 0 Å². The first kappa shape index (κ1) is 15.3. The van der Waals surface area contributed by atoms with Crippen LogP contribution < -0.4 is 5.32 Å². The highest BCUT2D eigenvalue weighted by Gasteiger charge is 2.31. The van der Waals surface area contributed by atoms with Crippen molar-refractivity contribution in [2.24, 2.45) is 0 Å². The Hall–Kier alpha value is -2.62. The minimum absolute atomic E-state index is 0.0441. The number of nitrogens with zero attached hydrogens (tertiary/aromatic N) is 1. The molecule has 2 aromatic rings. The Morgan fingerprint density at radius 2 is 1.96 bits per heavy atom. The molecule has 2 aromatic carbocycles. The Morgan fingerprint density at radius 1 is 1.17 bits per heavy atom. The summed E-state index contributed by atoms with van der Waals surface area (Å²) in [4.78, 5) is 27.0. The third kappa shape index (κ3) is 2.84. The van der Waals surface area contributed by atoms with Gasteiger partial charge < -0.3 is 10.2 Å². The molecule has 1 N–H and O–H groups in total. The van der Waals surface area contributed by atoms with Crippen molar-refractivity contribution < 1.29 is 9.59 Å². The van der Waals surface area contributed by atoms with E-state index in [9.17, 15) is 9.59 Å². The number of rotatable bonds is 4. The summed E-state index contributed by atoms with van der Waals surface area (Å²) in [6.45, 7) is 5.29. The van der Waals surface area contributed by atoms with Crippen molar-refractivity contribution >= 4 is 17.5 Å². The second-order valence-electron chi connectivity index (χ2n) is 5.84. The van der Waals surface area contributed by atoms with Gasteiger partial charge in [-0.05, 0) is 36.6 Å². The number of para-hydroxylation sites is 1. The topological polar surface area (TPSA) is 49.4 Å². The van der Waals surface area contributed by atoms with Crippen molar-refractivity contribution in [3.05, 3.63) is 64.7 Å². The van der Waals surface area contributed by atoms with E-state index in [-0.39, 0.29) is 11.8 Å². The van der Waals surface area contributed by atoms with Gasteiger partial charge in [-0.3, -0.25) is 9.59 Å². The second-order valence-corrected chi connectivity index (χ2v) is 5.84. The molecule has 0 bridgehead atoms. The van der Waals surface area contributed by atoms with Crippen LogP contribution in [0, 0.1) is 6.92 Å². The normalized spacial score (nSPS) is 13.1. The van der Waals surface area contributed by atoms with E-state index in [1.807, 2.05) is 50.2 Å². The molecule has 0 unspecified atom stereocenters. The fourth-order valence-electron chi connectivity index (χ4n) is 2.96. The molecule has 0 radical (unpaired) electrons. The summed E-state index contributed by atoms with van der Waals surface area (Å²) in [7, 11) is 0. The zero-order valence-corrected chi connectivity index (χ0v) is 13.4. The third-order valence-corrected chi connectivity index (χ3v) is 4.14. The fourth-order valence-corrected chi connectivity index (χ4v) is 2.96. The minimum atomic E-state index is -0.233. The molecular weight excluding hydrogens is 288 g/mol. The number of aryl methyl sites for hydroxylation is 1. The third-order valence-electron chi connectivity index (χ3n) is 4.14. The molecule has 0 saturated heterocycles. The molecule has 0 fully saturated rings. The zero-order chi connectivity index (χ0) is 16.4. The molecule has 2 amide bonds. The molecule has 118 valence electrons. The number of hydrogen-bond donors (Lipinski definition) is 1. The van der Waals surface area contributed by atoms with Gasteiger partial charge in [0.05, 0.1) is 11.1 Å². The fraction of sp³-hybridized carbons (Fsp3) is 0.263. The largest absolute Gasteiger partial charge is 0.334 e. The van der Waals surface area contributed by atoms with Crippen LogP contribution in [-0.2, 0) is 6.54 Å². The summed E-state index contributed by atoms with van der Waals surface area (Å²) in [5.41, 5.74) is 3.69. The summed E-state index contributed by atoms with van der Waals surface area (Å²) < 4.78 is 0. The van der Waals surface area contributed by atoms with Gasteiger partial charge in [-0.2, -0.15) is 0 Å². The van der Waals surface area contributed by atoms with Gasteiger partial charge in [-0.1, -0.05) is 37.3 Å². The van der Waals surface area contributed by atoms with Crippen LogP contribution in [0.15, 0.2) is 42.5 Å². The van der Waals surface area contributed by atoms with Gasteiger partial charge >= 0.3 is 0 Å². The van der Waals surface area contributed by atoms with Gasteiger partial charge in [0.1, 0.15) is 0 Å². The van der Waals surface area contributed by atoms with Crippen molar-refractivity contribution in [2.75, 3.05) is 11.9 Å². The highest BCUT2D eigenvalue weighted by Crippen LogP contribution is 2.27. The Kier molecular flexibility index (Phi) is 4.15. The first-order valence-electron chi connectivity index (χ1n) is 7.90. The first-order chi connectivity index (χ1) is 11.1. The number of hydrogen-bond acceptors (Lipinski definition) is 2. The zero-order valence-electron chi connectivity index (χ0n) is 13.4. The highest BCUT2D eigenvalue weighted by atomic mass is 16.2. The average molecular weight is 308 g/mol. The molecule has 3 rings (SSSR count). The van der Waals surface area contributed by atoms with E-state index in [1.54, 1.807) is 11.0 Å². The number of carbonyl (C=O) groups is 2. The van der Waals surface area contributed by atoms with Crippen LogP contribution >= 0.6 is 0 Å². The summed E-state index contributed by atoms with van der Waals surface area (Å²) >= 11 is 0. The minimum Gasteiger partial charge on any atom is -0.334 e. The molecule has 0 spiro atoms. The molecular formula is C19H20N2O2. The molecule has 0 atom stereocenters. The number of fused-ring (bicyclic) bond motifs is 1. The van der Waals surface area contributed by atoms with E-state index in [4.69, 9.17) is 0 Å². The lowest BCUT2D eigenvalue weighted by atomic mass is 10.0. The van der Waals surface area contributed by atoms with Gasteiger partial charge in [0.2, 0.25) is 0 Å². The van der Waals surface area contributed by atoms with E-state index in [0.717, 1.165) is 23.2 Å². The second kappa shape index (κ2) is 6.24. The molecule has 0 aromatic heterocycles. The van der Waals surface area contributed by atoms with Gasteiger partial charge in [0, 0.05) is 18.8 Å². The maximum Gasteiger partial charge on any atom is 0.256 e. The highest BCUT2D eigenvalue weighted by molar-refractivity contribution is 6.13. The quantitative estimate of drug-likeness (QED) is 0.938. The standard InChI is InChI=1S/C19H20N2O2/c1-3-11-21-12-14-8-6-9-15(17(14)19(21)23)18(22)20-16-10-5-4-7-13(16)2/h4-10H,3,11-12H2,1-2H3,(H,20,22). The molecule has 23 heavy (non-hydrogen) atoms. The molecule has 4 heteroatoms. The lowest BCUT2D eigenvalue weighted by Gasteiger charge is -2.14. The van der Waals surface area contributed by atoms with Crippen LogP contribution in [-0.4, -0.2) is 23.3 Å². The molecule has 0 saturated carbocycles. The molecule has 1 aliphatic heterocycles. The van der Waals surface area contributed by atoms with Crippen LogP contribution in [0.2, 0.25) is 0 Å². The molecule has 0 aliphatic carbocycles. The lowest BCUT2D eigenvalue weighted by molar-refractivity contribution is 0.0774. The van der Waals surface area contributed by atoms with E-state index in [2.05, 4.69) is 5.32 Å². The number of benzene rings is 2. The predicted octanol–water partition coefficient (Wildman–Crippen LogP) is 3.61. The number of anilines is 1. The summed E-state index contributed by atoms with van der Waals surface area (Å²) in [6, 6.07) is 13.1. The smallest absolute Gasteiger partial charge is 0.256 e. The van der Waals surface area contributed by atoms with Crippen LogP contribution in [0.4, 0.5) is 5.69 Å². The lowest BCUT2D eigenvalue weighted by Crippen LogP contribution is -2.26. The van der Waals surface area contributed by atoms with Crippen LogP contribution in [0.5, 0.6) is 0 Å². The summed E-state index contributed by atoms with van der Waals surface area (Å²) in [5, 5.41) is 2.91. The molecule has 4 nitrogen and oxygen atoms in total. The van der Waals surface area contributed by atoms with Crippen LogP contribution in [0.25, 0.3) is 0 Å². The van der Waals surface area contributed by atoms with E-state index in [0.29, 0.717) is 24.2 Å². The van der Waals surface area contributed by atoms with Gasteiger partial charge in [0.25, 0.3) is 11.8 Å².